The van der Waals surface area contributed by atoms with Crippen LogP contribution in [0, 0.1) is 0 Å². The first kappa shape index (κ1) is 30.4. The average molecular weight is 510 g/mol. The molecule has 0 saturated carbocycles. The molecule has 1 saturated heterocycles. The quantitative estimate of drug-likeness (QED) is 0.207. The van der Waals surface area contributed by atoms with E-state index in [2.05, 4.69) is 17.2 Å². The van der Waals surface area contributed by atoms with Crippen LogP contribution in [-0.4, -0.2) is 55.7 Å². The molecular weight excluding hydrogens is 462 g/mol. The third-order valence-corrected chi connectivity index (χ3v) is 6.90. The Morgan fingerprint density at radius 1 is 0.917 bits per heavy atom. The summed E-state index contributed by atoms with van der Waals surface area (Å²) in [5, 5.41) is 31.8. The Bertz CT molecular complexity index is 802. The number of amides is 1. The largest absolute Gasteiger partial charge is 0.394 e. The van der Waals surface area contributed by atoms with Gasteiger partial charge in [-0.05, 0) is 12.5 Å². The van der Waals surface area contributed by atoms with Gasteiger partial charge in [-0.1, -0.05) is 96.8 Å². The molecule has 2 rings (SSSR count). The molecule has 0 spiro atoms. The molecule has 4 N–H and O–H groups in total. The van der Waals surface area contributed by atoms with Crippen molar-refractivity contribution in [2.45, 2.75) is 134 Å². The van der Waals surface area contributed by atoms with E-state index in [0.29, 0.717) is 6.42 Å². The lowest BCUT2D eigenvalue weighted by atomic mass is 10.0. The van der Waals surface area contributed by atoms with Crippen LogP contribution >= 0.6 is 0 Å². The minimum Gasteiger partial charge on any atom is -0.394 e. The fourth-order valence-electron chi connectivity index (χ4n) is 4.65. The molecular formula is C27H47N3O6. The highest BCUT2D eigenvalue weighted by molar-refractivity contribution is 5.89. The van der Waals surface area contributed by atoms with E-state index >= 15 is 0 Å². The summed E-state index contributed by atoms with van der Waals surface area (Å²) in [6, 6.07) is 1.44. The maximum absolute atomic E-state index is 12.3. The number of anilines is 1. The van der Waals surface area contributed by atoms with Crippen LogP contribution in [0.4, 0.5) is 5.82 Å². The fourth-order valence-corrected chi connectivity index (χ4v) is 4.65. The van der Waals surface area contributed by atoms with E-state index in [-0.39, 0.29) is 11.7 Å². The SMILES string of the molecule is CCCCCCCCCCCCCCCCCC(=O)Nc1ccn(C2OC(CO)C(O)C2O)c(=O)n1. The van der Waals surface area contributed by atoms with Crippen molar-refractivity contribution in [1.82, 2.24) is 9.55 Å². The van der Waals surface area contributed by atoms with Crippen LogP contribution in [0.5, 0.6) is 0 Å². The lowest BCUT2D eigenvalue weighted by Gasteiger charge is -2.17. The van der Waals surface area contributed by atoms with Gasteiger partial charge >= 0.3 is 5.69 Å². The molecule has 4 unspecified atom stereocenters. The Hall–Kier alpha value is -1.81. The second kappa shape index (κ2) is 17.6. The summed E-state index contributed by atoms with van der Waals surface area (Å²) < 4.78 is 6.38. The number of carbonyl (C=O) groups excluding carboxylic acids is 1. The summed E-state index contributed by atoms with van der Waals surface area (Å²) in [4.78, 5) is 28.3. The van der Waals surface area contributed by atoms with Gasteiger partial charge in [0.15, 0.2) is 6.23 Å². The van der Waals surface area contributed by atoms with E-state index in [4.69, 9.17) is 4.74 Å². The zero-order chi connectivity index (χ0) is 26.2. The fraction of sp³-hybridized carbons (Fsp3) is 0.815. The van der Waals surface area contributed by atoms with Crippen LogP contribution in [0.3, 0.4) is 0 Å². The van der Waals surface area contributed by atoms with E-state index in [0.717, 1.165) is 23.8 Å². The minimum atomic E-state index is -1.37. The zero-order valence-electron chi connectivity index (χ0n) is 21.9. The minimum absolute atomic E-state index is 0.133. The number of hydrogen-bond donors (Lipinski definition) is 4. The number of ether oxygens (including phenoxy) is 1. The second-order valence-corrected chi connectivity index (χ2v) is 9.98. The van der Waals surface area contributed by atoms with Crippen molar-refractivity contribution < 1.29 is 24.9 Å². The van der Waals surface area contributed by atoms with Crippen molar-refractivity contribution >= 4 is 11.7 Å². The van der Waals surface area contributed by atoms with E-state index in [1.165, 1.54) is 89.3 Å². The van der Waals surface area contributed by atoms with Gasteiger partial charge in [0.2, 0.25) is 5.91 Å². The Morgan fingerprint density at radius 3 is 1.92 bits per heavy atom. The summed E-state index contributed by atoms with van der Waals surface area (Å²) in [5.41, 5.74) is -0.727. The van der Waals surface area contributed by atoms with Gasteiger partial charge in [0.05, 0.1) is 6.61 Å². The van der Waals surface area contributed by atoms with Gasteiger partial charge in [0.1, 0.15) is 24.1 Å². The van der Waals surface area contributed by atoms with Gasteiger partial charge in [-0.15, -0.1) is 0 Å². The van der Waals surface area contributed by atoms with Gasteiger partial charge in [0, 0.05) is 12.6 Å². The van der Waals surface area contributed by atoms with E-state index in [1.807, 2.05) is 0 Å². The second-order valence-electron chi connectivity index (χ2n) is 9.98. The van der Waals surface area contributed by atoms with Gasteiger partial charge < -0.3 is 25.4 Å². The molecule has 1 aromatic heterocycles. The van der Waals surface area contributed by atoms with Crippen molar-refractivity contribution in [2.75, 3.05) is 11.9 Å². The molecule has 1 aliphatic heterocycles. The zero-order valence-corrected chi connectivity index (χ0v) is 21.9. The number of aliphatic hydroxyl groups is 3. The lowest BCUT2D eigenvalue weighted by Crippen LogP contribution is -2.36. The topological polar surface area (TPSA) is 134 Å². The number of aliphatic hydroxyl groups excluding tert-OH is 3. The van der Waals surface area contributed by atoms with Gasteiger partial charge in [-0.2, -0.15) is 4.98 Å². The first-order valence-electron chi connectivity index (χ1n) is 14.0. The van der Waals surface area contributed by atoms with Crippen LogP contribution in [0.2, 0.25) is 0 Å². The maximum Gasteiger partial charge on any atom is 0.351 e. The third-order valence-electron chi connectivity index (χ3n) is 6.90. The number of carbonyl (C=O) groups is 1. The molecule has 206 valence electrons. The molecule has 1 fully saturated rings. The summed E-state index contributed by atoms with van der Waals surface area (Å²) in [7, 11) is 0. The monoisotopic (exact) mass is 509 g/mol. The van der Waals surface area contributed by atoms with Crippen molar-refractivity contribution in [3.63, 3.8) is 0 Å². The van der Waals surface area contributed by atoms with Crippen molar-refractivity contribution in [1.29, 1.82) is 0 Å². The van der Waals surface area contributed by atoms with Crippen LogP contribution in [0.15, 0.2) is 17.1 Å². The molecule has 1 aliphatic rings. The molecule has 0 bridgehead atoms. The molecule has 2 heterocycles. The molecule has 0 radical (unpaired) electrons. The van der Waals surface area contributed by atoms with Crippen molar-refractivity contribution in [3.05, 3.63) is 22.7 Å². The smallest absolute Gasteiger partial charge is 0.351 e. The lowest BCUT2D eigenvalue weighted by molar-refractivity contribution is -0.116. The van der Waals surface area contributed by atoms with Crippen LogP contribution < -0.4 is 11.0 Å². The number of aromatic nitrogens is 2. The van der Waals surface area contributed by atoms with E-state index < -0.39 is 36.8 Å². The number of unbranched alkanes of at least 4 members (excludes halogenated alkanes) is 14. The first-order chi connectivity index (χ1) is 17.5. The number of hydrogen-bond acceptors (Lipinski definition) is 7. The molecule has 1 amide bonds. The Kier molecular flexibility index (Phi) is 14.9. The molecule has 9 nitrogen and oxygen atoms in total. The third kappa shape index (κ3) is 10.7. The van der Waals surface area contributed by atoms with Crippen LogP contribution in [-0.2, 0) is 9.53 Å². The number of rotatable bonds is 19. The van der Waals surface area contributed by atoms with Gasteiger partial charge in [0.25, 0.3) is 0 Å². The highest BCUT2D eigenvalue weighted by Crippen LogP contribution is 2.28. The maximum atomic E-state index is 12.3. The average Bonchev–Trinajstić information content (AvgIpc) is 3.15. The highest BCUT2D eigenvalue weighted by Gasteiger charge is 2.43. The molecule has 9 heteroatoms. The molecule has 1 aromatic rings. The van der Waals surface area contributed by atoms with Crippen LogP contribution in [0.25, 0.3) is 0 Å². The van der Waals surface area contributed by atoms with Crippen molar-refractivity contribution in [2.24, 2.45) is 0 Å². The summed E-state index contributed by atoms with van der Waals surface area (Å²) in [5.74, 6) is -0.0591. The standard InChI is InChI=1S/C27H47N3O6/c1-2-3-4-5-6-7-8-9-10-11-12-13-14-15-16-17-23(32)28-22-18-19-30(27(35)29-22)26-25(34)24(33)21(20-31)36-26/h18-19,21,24-26,31,33-34H,2-17,20H2,1H3,(H,28,29,32,35). The molecule has 36 heavy (non-hydrogen) atoms. The van der Waals surface area contributed by atoms with Gasteiger partial charge in [-0.25, -0.2) is 4.79 Å². The Balaban J connectivity index is 1.52. The van der Waals surface area contributed by atoms with E-state index in [9.17, 15) is 24.9 Å². The number of nitrogens with one attached hydrogen (secondary N) is 1. The predicted molar refractivity (Wildman–Crippen MR) is 140 cm³/mol. The molecule has 0 aliphatic carbocycles. The number of nitrogens with zero attached hydrogens (tertiary/aromatic N) is 2. The Labute approximate surface area is 215 Å². The Morgan fingerprint density at radius 2 is 1.44 bits per heavy atom. The first-order valence-corrected chi connectivity index (χ1v) is 14.0. The molecule has 4 atom stereocenters. The van der Waals surface area contributed by atoms with Gasteiger partial charge in [-0.3, -0.25) is 9.36 Å². The van der Waals surface area contributed by atoms with Crippen LogP contribution in [0.1, 0.15) is 116 Å². The summed E-state index contributed by atoms with van der Waals surface area (Å²) in [6.07, 6.45) is 15.9. The normalized spacial score (nSPS) is 21.7. The molecule has 0 aromatic carbocycles. The highest BCUT2D eigenvalue weighted by atomic mass is 16.6. The summed E-state index contributed by atoms with van der Waals surface area (Å²) >= 11 is 0. The van der Waals surface area contributed by atoms with Crippen molar-refractivity contribution in [3.8, 4) is 0 Å². The van der Waals surface area contributed by atoms with E-state index in [1.54, 1.807) is 0 Å². The summed E-state index contributed by atoms with van der Waals surface area (Å²) in [6.45, 7) is 1.77. The predicted octanol–water partition coefficient (Wildman–Crippen LogP) is 4.05.